The van der Waals surface area contributed by atoms with Gasteiger partial charge in [0.05, 0.1) is 27.6 Å². The van der Waals surface area contributed by atoms with Crippen molar-refractivity contribution in [2.75, 3.05) is 0 Å². The van der Waals surface area contributed by atoms with Gasteiger partial charge in [-0.05, 0) is 115 Å². The van der Waals surface area contributed by atoms with E-state index in [-0.39, 0.29) is 0 Å². The Morgan fingerprint density at radius 2 is 0.774 bits per heavy atom. The first-order valence-electron chi connectivity index (χ1n) is 21.0. The fraction of sp³-hybridized carbons (Fsp3) is 0. The molecule has 5 nitrogen and oxygen atoms in total. The number of rotatable bonds is 5. The summed E-state index contributed by atoms with van der Waals surface area (Å²) < 4.78 is 4.47. The molecule has 0 atom stereocenters. The summed E-state index contributed by atoms with van der Waals surface area (Å²) >= 11 is 0. The molecule has 0 aliphatic carbocycles. The van der Waals surface area contributed by atoms with Gasteiger partial charge in [-0.3, -0.25) is 8.97 Å². The van der Waals surface area contributed by atoms with E-state index >= 15 is 0 Å². The smallest absolute Gasteiger partial charge is 0.149 e. The van der Waals surface area contributed by atoms with Crippen LogP contribution in [0.25, 0.3) is 122 Å². The van der Waals surface area contributed by atoms with Crippen molar-refractivity contribution in [3.63, 3.8) is 0 Å². The number of para-hydroxylation sites is 6. The van der Waals surface area contributed by atoms with Gasteiger partial charge in [0.1, 0.15) is 17.3 Å². The summed E-state index contributed by atoms with van der Waals surface area (Å²) in [5, 5.41) is 8.28. The molecular weight excluding hydrogens is 755 g/mol. The number of benzene rings is 10. The van der Waals surface area contributed by atoms with Gasteiger partial charge in [-0.2, -0.15) is 0 Å². The molecule has 13 rings (SSSR count). The van der Waals surface area contributed by atoms with Crippen LogP contribution in [0, 0.1) is 0 Å². The fourth-order valence-electron chi connectivity index (χ4n) is 9.67. The maximum Gasteiger partial charge on any atom is 0.149 e. The third-order valence-corrected chi connectivity index (χ3v) is 12.5. The molecule has 0 unspecified atom stereocenters. The Bertz CT molecular complexity index is 3860. The number of hydrogen-bond donors (Lipinski definition) is 0. The van der Waals surface area contributed by atoms with E-state index in [4.69, 9.17) is 15.0 Å². The first kappa shape index (κ1) is 34.5. The second kappa shape index (κ2) is 13.6. The minimum atomic E-state index is 0.877. The summed E-state index contributed by atoms with van der Waals surface area (Å²) in [7, 11) is 0. The van der Waals surface area contributed by atoms with E-state index in [1.54, 1.807) is 0 Å². The van der Waals surface area contributed by atoms with Gasteiger partial charge in [-0.1, -0.05) is 152 Å². The van der Waals surface area contributed by atoms with Gasteiger partial charge in [-0.25, -0.2) is 15.0 Å². The third kappa shape index (κ3) is 5.25. The highest BCUT2D eigenvalue weighted by Gasteiger charge is 2.20. The lowest BCUT2D eigenvalue weighted by atomic mass is 9.85. The van der Waals surface area contributed by atoms with Crippen LogP contribution >= 0.6 is 0 Å². The number of hydrogen-bond acceptors (Lipinski definition) is 3. The molecule has 0 fully saturated rings. The van der Waals surface area contributed by atoms with Crippen molar-refractivity contribution in [3.05, 3.63) is 212 Å². The molecule has 0 aliphatic rings. The molecular formula is C57H35N5. The summed E-state index contributed by atoms with van der Waals surface area (Å²) in [6, 6.07) is 75.7. The summed E-state index contributed by atoms with van der Waals surface area (Å²) in [6.45, 7) is 0. The van der Waals surface area contributed by atoms with Gasteiger partial charge in [0.2, 0.25) is 0 Å². The molecule has 0 aliphatic heterocycles. The highest BCUT2D eigenvalue weighted by Crippen LogP contribution is 2.45. The molecule has 5 heteroatoms. The average molecular weight is 790 g/mol. The Labute approximate surface area is 356 Å². The molecule has 0 amide bonds. The van der Waals surface area contributed by atoms with E-state index in [9.17, 15) is 0 Å². The van der Waals surface area contributed by atoms with Crippen molar-refractivity contribution in [2.24, 2.45) is 0 Å². The van der Waals surface area contributed by atoms with Crippen LogP contribution in [0.15, 0.2) is 212 Å². The maximum absolute atomic E-state index is 5.23. The van der Waals surface area contributed by atoms with Crippen LogP contribution in [0.1, 0.15) is 0 Å². The lowest BCUT2D eigenvalue weighted by Gasteiger charge is -2.18. The topological polar surface area (TPSA) is 48.0 Å². The van der Waals surface area contributed by atoms with Crippen LogP contribution < -0.4 is 0 Å². The lowest BCUT2D eigenvalue weighted by Crippen LogP contribution is -1.98. The van der Waals surface area contributed by atoms with E-state index in [1.165, 1.54) is 49.0 Å². The third-order valence-electron chi connectivity index (χ3n) is 12.5. The first-order valence-corrected chi connectivity index (χ1v) is 21.0. The first-order chi connectivity index (χ1) is 30.7. The van der Waals surface area contributed by atoms with Gasteiger partial charge in [-0.15, -0.1) is 0 Å². The number of nitrogens with zero attached hydrogens (tertiary/aromatic N) is 5. The van der Waals surface area contributed by atoms with Gasteiger partial charge >= 0.3 is 0 Å². The van der Waals surface area contributed by atoms with Crippen LogP contribution in [0.4, 0.5) is 0 Å². The quantitative estimate of drug-likeness (QED) is 0.163. The molecule has 3 heterocycles. The van der Waals surface area contributed by atoms with E-state index in [1.807, 2.05) is 12.1 Å². The summed E-state index contributed by atoms with van der Waals surface area (Å²) in [6.07, 6.45) is 0. The van der Waals surface area contributed by atoms with Crippen LogP contribution in [-0.2, 0) is 0 Å². The average Bonchev–Trinajstić information content (AvgIpc) is 3.93. The number of aromatic nitrogens is 5. The van der Waals surface area contributed by atoms with Crippen molar-refractivity contribution in [1.29, 1.82) is 0 Å². The molecule has 13 aromatic rings. The number of fused-ring (bicyclic) bond motifs is 9. The van der Waals surface area contributed by atoms with Crippen molar-refractivity contribution >= 4 is 70.9 Å². The largest absolute Gasteiger partial charge is 0.292 e. The Balaban J connectivity index is 0.941. The second-order valence-electron chi connectivity index (χ2n) is 16.0. The summed E-state index contributed by atoms with van der Waals surface area (Å²) in [4.78, 5) is 15.4. The van der Waals surface area contributed by atoms with Crippen LogP contribution in [-0.4, -0.2) is 23.9 Å². The normalized spacial score (nSPS) is 11.9. The second-order valence-corrected chi connectivity index (χ2v) is 16.0. The highest BCUT2D eigenvalue weighted by atomic mass is 15.1. The van der Waals surface area contributed by atoms with Crippen LogP contribution in [0.3, 0.4) is 0 Å². The van der Waals surface area contributed by atoms with E-state index in [0.717, 1.165) is 72.6 Å². The van der Waals surface area contributed by atoms with Crippen LogP contribution in [0.5, 0.6) is 0 Å². The van der Waals surface area contributed by atoms with Gasteiger partial charge in [0.25, 0.3) is 0 Å². The van der Waals surface area contributed by atoms with E-state index in [2.05, 4.69) is 209 Å². The molecule has 0 spiro atoms. The lowest BCUT2D eigenvalue weighted by molar-refractivity contribution is 1.10. The van der Waals surface area contributed by atoms with E-state index in [0.29, 0.717) is 0 Å². The Morgan fingerprint density at radius 3 is 1.45 bits per heavy atom. The summed E-state index contributed by atoms with van der Waals surface area (Å²) in [5.41, 5.74) is 13.9. The van der Waals surface area contributed by atoms with E-state index < -0.39 is 0 Å². The van der Waals surface area contributed by atoms with Crippen LogP contribution in [0.2, 0.25) is 0 Å². The van der Waals surface area contributed by atoms with Crippen molar-refractivity contribution in [2.45, 2.75) is 0 Å². The number of imidazole rings is 2. The Kier molecular flexibility index (Phi) is 7.54. The Hall–Kier alpha value is -8.41. The van der Waals surface area contributed by atoms with Crippen molar-refractivity contribution in [1.82, 2.24) is 23.9 Å². The van der Waals surface area contributed by atoms with Gasteiger partial charge in [0, 0.05) is 22.2 Å². The molecule has 62 heavy (non-hydrogen) atoms. The zero-order valence-corrected chi connectivity index (χ0v) is 33.4. The molecule has 0 saturated heterocycles. The minimum Gasteiger partial charge on any atom is -0.292 e. The molecule has 0 N–H and O–H groups in total. The molecule has 288 valence electrons. The van der Waals surface area contributed by atoms with Gasteiger partial charge in [0.15, 0.2) is 0 Å². The van der Waals surface area contributed by atoms with Crippen molar-refractivity contribution < 1.29 is 0 Å². The molecule has 10 aromatic carbocycles. The highest BCUT2D eigenvalue weighted by molar-refractivity contribution is 6.21. The maximum atomic E-state index is 5.23. The molecule has 3 aromatic heterocycles. The molecule has 0 radical (unpaired) electrons. The fourth-order valence-corrected chi connectivity index (χ4v) is 9.67. The predicted molar refractivity (Wildman–Crippen MR) is 257 cm³/mol. The zero-order chi connectivity index (χ0) is 40.7. The zero-order valence-electron chi connectivity index (χ0n) is 33.4. The predicted octanol–water partition coefficient (Wildman–Crippen LogP) is 14.5. The minimum absolute atomic E-state index is 0.877. The van der Waals surface area contributed by atoms with Gasteiger partial charge < -0.3 is 0 Å². The monoisotopic (exact) mass is 789 g/mol. The SMILES string of the molecule is c1ccc(-n2c(-c3ccc4cc(-c5c6ccccc6c(-c6ccc(-c7nc8ccccc8c8nc9ccccc9n78)cc6)c6ccccc56)ccc4c3)nc3ccccc32)cc1. The standard InChI is InChI=1S/C57H35N5/c1-2-14-42(15-3-1)61-51-24-12-10-22-49(51)59-56(61)41-33-31-38-34-40(32-30-39(38)35-41)54-45-18-6-4-16-43(45)53(44-17-5-7-19-46(44)54)36-26-28-37(29-27-36)55-58-48-21-9-8-20-47(48)57-60-50-23-11-13-25-52(50)62(55)57/h1-35H. The summed E-state index contributed by atoms with van der Waals surface area (Å²) in [5.74, 6) is 1.81. The Morgan fingerprint density at radius 1 is 0.306 bits per heavy atom. The molecule has 0 saturated carbocycles. The molecule has 0 bridgehead atoms. The van der Waals surface area contributed by atoms with Crippen molar-refractivity contribution in [3.8, 4) is 50.7 Å².